The van der Waals surface area contributed by atoms with Crippen LogP contribution in [-0.2, 0) is 9.84 Å². The molecule has 2 aromatic carbocycles. The lowest BCUT2D eigenvalue weighted by molar-refractivity contribution is -0.384. The molecule has 0 radical (unpaired) electrons. The zero-order valence-electron chi connectivity index (χ0n) is 15.8. The molecule has 0 N–H and O–H groups in total. The van der Waals surface area contributed by atoms with E-state index in [9.17, 15) is 18.5 Å². The first-order valence-corrected chi connectivity index (χ1v) is 10.8. The number of nitro groups is 1. The van der Waals surface area contributed by atoms with E-state index in [0.29, 0.717) is 31.8 Å². The molecule has 0 aliphatic carbocycles. The van der Waals surface area contributed by atoms with E-state index in [2.05, 4.69) is 0 Å². The lowest BCUT2D eigenvalue weighted by atomic mass is 9.98. The average molecular weight is 402 g/mol. The van der Waals surface area contributed by atoms with E-state index in [0.717, 1.165) is 29.2 Å². The first kappa shape index (κ1) is 19.9. The van der Waals surface area contributed by atoms with Crippen LogP contribution in [0.2, 0.25) is 0 Å². The summed E-state index contributed by atoms with van der Waals surface area (Å²) >= 11 is 0. The Morgan fingerprint density at radius 3 is 2.57 bits per heavy atom. The molecule has 0 amide bonds. The minimum Gasteiger partial charge on any atom is -0.493 e. The van der Waals surface area contributed by atoms with Crippen LogP contribution in [0.4, 0.5) is 11.4 Å². The van der Waals surface area contributed by atoms with E-state index in [1.165, 1.54) is 12.1 Å². The average Bonchev–Trinajstić information content (AvgIpc) is 2.68. The summed E-state index contributed by atoms with van der Waals surface area (Å²) in [5, 5.41) is 11.5. The lowest BCUT2D eigenvalue weighted by Gasteiger charge is -2.29. The van der Waals surface area contributed by atoms with Crippen LogP contribution in [-0.4, -0.2) is 39.3 Å². The zero-order valence-corrected chi connectivity index (χ0v) is 16.6. The molecule has 148 valence electrons. The molecule has 7 nitrogen and oxygen atoms in total. The Hall–Kier alpha value is -2.87. The molecule has 0 bridgehead atoms. The van der Waals surface area contributed by atoms with E-state index in [-0.39, 0.29) is 10.6 Å². The third kappa shape index (κ3) is 4.17. The van der Waals surface area contributed by atoms with E-state index in [1.807, 2.05) is 42.2 Å². The summed E-state index contributed by atoms with van der Waals surface area (Å²) < 4.78 is 29.1. The summed E-state index contributed by atoms with van der Waals surface area (Å²) in [6, 6.07) is 11.9. The Kier molecular flexibility index (Phi) is 5.69. The highest BCUT2D eigenvalue weighted by Crippen LogP contribution is 2.35. The van der Waals surface area contributed by atoms with Gasteiger partial charge in [0.1, 0.15) is 11.4 Å². The number of hydrogen-bond donors (Lipinski definition) is 0. The molecule has 0 aromatic heterocycles. The van der Waals surface area contributed by atoms with Crippen molar-refractivity contribution in [1.82, 2.24) is 0 Å². The number of nitro benzene ring substituents is 1. The summed E-state index contributed by atoms with van der Waals surface area (Å²) in [5.74, 6) is 0.827. The second-order valence-electron chi connectivity index (χ2n) is 6.53. The minimum absolute atomic E-state index is 0.0539. The van der Waals surface area contributed by atoms with Crippen molar-refractivity contribution in [3.05, 3.63) is 64.2 Å². The van der Waals surface area contributed by atoms with Crippen LogP contribution >= 0.6 is 0 Å². The molecule has 0 saturated heterocycles. The first-order chi connectivity index (χ1) is 13.3. The number of hydrogen-bond acceptors (Lipinski definition) is 6. The number of para-hydroxylation sites is 1. The maximum absolute atomic E-state index is 11.7. The molecule has 0 atom stereocenters. The highest BCUT2D eigenvalue weighted by Gasteiger charge is 2.24. The number of ether oxygens (including phenoxy) is 1. The van der Waals surface area contributed by atoms with Gasteiger partial charge in [0.05, 0.1) is 16.4 Å². The number of rotatable bonds is 6. The predicted molar refractivity (Wildman–Crippen MR) is 109 cm³/mol. The second-order valence-corrected chi connectivity index (χ2v) is 8.55. The fraction of sp³-hybridized carbons (Fsp3) is 0.300. The van der Waals surface area contributed by atoms with Gasteiger partial charge < -0.3 is 9.64 Å². The second kappa shape index (κ2) is 8.02. The summed E-state index contributed by atoms with van der Waals surface area (Å²) in [6.45, 7) is 3.60. The molecule has 0 fully saturated rings. The van der Waals surface area contributed by atoms with Crippen molar-refractivity contribution < 1.29 is 18.1 Å². The van der Waals surface area contributed by atoms with Crippen LogP contribution < -0.4 is 9.64 Å². The molecule has 0 saturated carbocycles. The molecule has 3 rings (SSSR count). The number of nitrogens with zero attached hydrogens (tertiary/aromatic N) is 2. The maximum Gasteiger partial charge on any atom is 0.293 e. The van der Waals surface area contributed by atoms with Crippen molar-refractivity contribution in [1.29, 1.82) is 0 Å². The van der Waals surface area contributed by atoms with Gasteiger partial charge >= 0.3 is 0 Å². The summed E-state index contributed by atoms with van der Waals surface area (Å²) in [4.78, 5) is 12.8. The molecular weight excluding hydrogens is 380 g/mol. The quantitative estimate of drug-likeness (QED) is 0.541. The number of benzene rings is 2. The molecule has 8 heteroatoms. The Morgan fingerprint density at radius 2 is 1.96 bits per heavy atom. The number of sulfone groups is 1. The number of anilines is 1. The van der Waals surface area contributed by atoms with Gasteiger partial charge in [-0.05, 0) is 37.1 Å². The van der Waals surface area contributed by atoms with Gasteiger partial charge in [-0.1, -0.05) is 24.3 Å². The van der Waals surface area contributed by atoms with E-state index in [4.69, 9.17) is 4.74 Å². The Labute approximate surface area is 164 Å². The van der Waals surface area contributed by atoms with Crippen molar-refractivity contribution in [2.45, 2.75) is 18.2 Å². The first-order valence-electron chi connectivity index (χ1n) is 8.96. The standard InChI is InChI=1S/C20H22N2O5S/c1-3-27-20-7-5-4-6-17(20)15-10-12-21(13-11-15)18-9-8-16(28(2,25)26)14-19(18)22(23)24/h4-10,14H,3,11-13H2,1-2H3. The van der Waals surface area contributed by atoms with Crippen molar-refractivity contribution >= 4 is 26.8 Å². The monoisotopic (exact) mass is 402 g/mol. The van der Waals surface area contributed by atoms with Crippen LogP contribution in [0.25, 0.3) is 5.57 Å². The topological polar surface area (TPSA) is 89.8 Å². The lowest BCUT2D eigenvalue weighted by Crippen LogP contribution is -2.29. The Balaban J connectivity index is 1.90. The largest absolute Gasteiger partial charge is 0.493 e. The summed E-state index contributed by atoms with van der Waals surface area (Å²) in [6.07, 6.45) is 3.78. The van der Waals surface area contributed by atoms with Crippen molar-refractivity contribution in [3.8, 4) is 5.75 Å². The fourth-order valence-electron chi connectivity index (χ4n) is 3.29. The molecule has 0 spiro atoms. The van der Waals surface area contributed by atoms with Crippen LogP contribution in [0.1, 0.15) is 18.9 Å². The van der Waals surface area contributed by atoms with Crippen molar-refractivity contribution in [2.75, 3.05) is 30.9 Å². The minimum atomic E-state index is -3.51. The van der Waals surface area contributed by atoms with Crippen molar-refractivity contribution in [2.24, 2.45) is 0 Å². The third-order valence-corrected chi connectivity index (χ3v) is 5.76. The van der Waals surface area contributed by atoms with Gasteiger partial charge in [-0.15, -0.1) is 0 Å². The van der Waals surface area contributed by atoms with E-state index < -0.39 is 14.8 Å². The molecule has 28 heavy (non-hydrogen) atoms. The highest BCUT2D eigenvalue weighted by molar-refractivity contribution is 7.90. The molecule has 1 aliphatic heterocycles. The molecule has 1 aliphatic rings. The maximum atomic E-state index is 11.7. The zero-order chi connectivity index (χ0) is 20.3. The van der Waals surface area contributed by atoms with Gasteiger partial charge in [0, 0.05) is 31.0 Å². The SMILES string of the molecule is CCOc1ccccc1C1=CCN(c2ccc(S(C)(=O)=O)cc2[N+](=O)[O-])CC1. The molecule has 2 aromatic rings. The van der Waals surface area contributed by atoms with Crippen LogP contribution in [0, 0.1) is 10.1 Å². The predicted octanol–water partition coefficient (Wildman–Crippen LogP) is 3.69. The normalized spacial score (nSPS) is 14.5. The van der Waals surface area contributed by atoms with Crippen LogP contribution in [0.15, 0.2) is 53.4 Å². The molecule has 0 unspecified atom stereocenters. The van der Waals surface area contributed by atoms with Gasteiger partial charge in [0.25, 0.3) is 5.69 Å². The van der Waals surface area contributed by atoms with E-state index >= 15 is 0 Å². The third-order valence-electron chi connectivity index (χ3n) is 4.65. The van der Waals surface area contributed by atoms with Crippen LogP contribution in [0.3, 0.4) is 0 Å². The smallest absolute Gasteiger partial charge is 0.293 e. The van der Waals surface area contributed by atoms with Gasteiger partial charge in [-0.2, -0.15) is 0 Å². The van der Waals surface area contributed by atoms with Crippen molar-refractivity contribution in [3.63, 3.8) is 0 Å². The summed E-state index contributed by atoms with van der Waals surface area (Å²) in [7, 11) is -3.51. The Bertz CT molecular complexity index is 1030. The highest BCUT2D eigenvalue weighted by atomic mass is 32.2. The van der Waals surface area contributed by atoms with Gasteiger partial charge in [0.2, 0.25) is 0 Å². The fourth-order valence-corrected chi connectivity index (χ4v) is 3.93. The van der Waals surface area contributed by atoms with Gasteiger partial charge in [-0.3, -0.25) is 10.1 Å². The van der Waals surface area contributed by atoms with E-state index in [1.54, 1.807) is 0 Å². The Morgan fingerprint density at radius 1 is 1.21 bits per heavy atom. The van der Waals surface area contributed by atoms with Gasteiger partial charge in [-0.25, -0.2) is 8.42 Å². The molecular formula is C20H22N2O5S. The summed E-state index contributed by atoms with van der Waals surface area (Å²) in [5.41, 5.74) is 2.39. The molecule has 1 heterocycles. The van der Waals surface area contributed by atoms with Crippen LogP contribution in [0.5, 0.6) is 5.75 Å². The van der Waals surface area contributed by atoms with Gasteiger partial charge in [0.15, 0.2) is 9.84 Å².